The van der Waals surface area contributed by atoms with Gasteiger partial charge in [0, 0.05) is 33.5 Å². The molecule has 2 heteroatoms. The van der Waals surface area contributed by atoms with Crippen LogP contribution in [0.25, 0.3) is 70.9 Å². The van der Waals surface area contributed by atoms with Gasteiger partial charge in [0.25, 0.3) is 0 Å². The maximum absolute atomic E-state index is 2.42. The van der Waals surface area contributed by atoms with E-state index in [2.05, 4.69) is 195 Å². The van der Waals surface area contributed by atoms with Crippen LogP contribution < -0.4 is 4.90 Å². The molecule has 0 radical (unpaired) electrons. The van der Waals surface area contributed by atoms with Crippen molar-refractivity contribution >= 4 is 71.2 Å². The van der Waals surface area contributed by atoms with E-state index in [1.807, 2.05) is 0 Å². The molecular weight excluding hydrogens is 629 g/mol. The van der Waals surface area contributed by atoms with Gasteiger partial charge in [-0.2, -0.15) is 0 Å². The molecule has 0 aliphatic carbocycles. The van der Waals surface area contributed by atoms with Crippen molar-refractivity contribution < 1.29 is 0 Å². The van der Waals surface area contributed by atoms with Gasteiger partial charge in [0.15, 0.2) is 0 Å². The van der Waals surface area contributed by atoms with E-state index in [9.17, 15) is 0 Å². The lowest BCUT2D eigenvalue weighted by molar-refractivity contribution is 1.18. The maximum atomic E-state index is 2.42. The Morgan fingerprint density at radius 2 is 0.962 bits per heavy atom. The fraction of sp³-hybridized carbons (Fsp3) is 0.0800. The third-order valence-electron chi connectivity index (χ3n) is 10.8. The minimum absolute atomic E-state index is 1.15. The Hall–Kier alpha value is -6.38. The summed E-state index contributed by atoms with van der Waals surface area (Å²) in [6.07, 6.45) is 0. The number of aryl methyl sites for hydroxylation is 4. The van der Waals surface area contributed by atoms with Crippen LogP contribution in [0.15, 0.2) is 158 Å². The molecule has 248 valence electrons. The summed E-state index contributed by atoms with van der Waals surface area (Å²) in [6.45, 7) is 8.72. The second-order valence-corrected chi connectivity index (χ2v) is 14.6. The Labute approximate surface area is 304 Å². The lowest BCUT2D eigenvalue weighted by Gasteiger charge is -2.27. The second kappa shape index (κ2) is 11.6. The van der Waals surface area contributed by atoms with Gasteiger partial charge in [0.2, 0.25) is 0 Å². The van der Waals surface area contributed by atoms with Crippen molar-refractivity contribution in [3.63, 3.8) is 0 Å². The highest BCUT2D eigenvalue weighted by molar-refractivity contribution is 6.34. The highest BCUT2D eigenvalue weighted by atomic mass is 15.1. The first-order valence-corrected chi connectivity index (χ1v) is 18.2. The predicted molar refractivity (Wildman–Crippen MR) is 224 cm³/mol. The highest BCUT2D eigenvalue weighted by Crippen LogP contribution is 2.45. The van der Waals surface area contributed by atoms with Gasteiger partial charge in [-0.3, -0.25) is 0 Å². The third kappa shape index (κ3) is 4.72. The number of benzene rings is 9. The summed E-state index contributed by atoms with van der Waals surface area (Å²) >= 11 is 0. The zero-order valence-corrected chi connectivity index (χ0v) is 29.9. The van der Waals surface area contributed by atoms with Gasteiger partial charge < -0.3 is 9.47 Å². The van der Waals surface area contributed by atoms with Crippen LogP contribution in [0.3, 0.4) is 0 Å². The van der Waals surface area contributed by atoms with Crippen LogP contribution in [0.2, 0.25) is 0 Å². The number of nitrogens with zero attached hydrogens (tertiary/aromatic N) is 2. The molecule has 1 aromatic heterocycles. The number of hydrogen-bond donors (Lipinski definition) is 0. The molecule has 0 unspecified atom stereocenters. The minimum atomic E-state index is 1.15. The fourth-order valence-corrected chi connectivity index (χ4v) is 8.83. The molecule has 0 spiro atoms. The summed E-state index contributed by atoms with van der Waals surface area (Å²) in [4.78, 5) is 2.39. The van der Waals surface area contributed by atoms with Crippen molar-refractivity contribution in [3.05, 3.63) is 180 Å². The molecule has 2 nitrogen and oxygen atoms in total. The monoisotopic (exact) mass is 666 g/mol. The molecule has 10 aromatic rings. The lowest BCUT2D eigenvalue weighted by Crippen LogP contribution is -2.11. The van der Waals surface area contributed by atoms with Crippen molar-refractivity contribution in [1.82, 2.24) is 4.57 Å². The van der Waals surface area contributed by atoms with Crippen LogP contribution >= 0.6 is 0 Å². The Morgan fingerprint density at radius 1 is 0.385 bits per heavy atom. The first-order chi connectivity index (χ1) is 25.4. The number of fused-ring (bicyclic) bond motifs is 4. The Balaban J connectivity index is 1.16. The van der Waals surface area contributed by atoms with Crippen LogP contribution in [-0.2, 0) is 0 Å². The van der Waals surface area contributed by atoms with E-state index in [-0.39, 0.29) is 0 Å². The second-order valence-electron chi connectivity index (χ2n) is 14.6. The molecule has 0 saturated carbocycles. The predicted octanol–water partition coefficient (Wildman–Crippen LogP) is 14.1. The summed E-state index contributed by atoms with van der Waals surface area (Å²) < 4.78 is 2.42. The quantitative estimate of drug-likeness (QED) is 0.166. The number of para-hydroxylation sites is 2. The molecule has 0 N–H and O–H groups in total. The third-order valence-corrected chi connectivity index (χ3v) is 10.8. The Kier molecular flexibility index (Phi) is 6.78. The van der Waals surface area contributed by atoms with Crippen LogP contribution in [0, 0.1) is 27.7 Å². The van der Waals surface area contributed by atoms with Gasteiger partial charge in [0.1, 0.15) is 0 Å². The number of aromatic nitrogens is 1. The zero-order chi connectivity index (χ0) is 35.1. The number of anilines is 3. The molecule has 0 bridgehead atoms. The van der Waals surface area contributed by atoms with Crippen molar-refractivity contribution in [3.8, 4) is 16.8 Å². The number of rotatable bonds is 5. The van der Waals surface area contributed by atoms with Gasteiger partial charge >= 0.3 is 0 Å². The smallest absolute Gasteiger partial charge is 0.0553 e. The van der Waals surface area contributed by atoms with Crippen LogP contribution in [0.5, 0.6) is 0 Å². The van der Waals surface area contributed by atoms with Crippen molar-refractivity contribution in [1.29, 1.82) is 0 Å². The van der Waals surface area contributed by atoms with E-state index in [1.54, 1.807) is 0 Å². The normalized spacial score (nSPS) is 11.8. The SMILES string of the molecule is Cc1cc(C)cc(N(c2ccc(-c3ccc4ccc5c6c(ccc3c46)cc3c5c4ccccc4n3-c3ccccc3)cc2)c2cc(C)cc(C)c2)c1. The van der Waals surface area contributed by atoms with Crippen molar-refractivity contribution in [2.75, 3.05) is 4.90 Å². The topological polar surface area (TPSA) is 8.17 Å². The molecule has 9 aromatic carbocycles. The first-order valence-electron chi connectivity index (χ1n) is 18.2. The molecule has 0 saturated heterocycles. The Morgan fingerprint density at radius 3 is 1.65 bits per heavy atom. The molecule has 0 atom stereocenters. The summed E-state index contributed by atoms with van der Waals surface area (Å²) in [5.41, 5.74) is 14.7. The van der Waals surface area contributed by atoms with E-state index in [0.717, 1.165) is 5.69 Å². The molecule has 0 aliphatic heterocycles. The van der Waals surface area contributed by atoms with Gasteiger partial charge in [0.05, 0.1) is 11.0 Å². The largest absolute Gasteiger partial charge is 0.310 e. The van der Waals surface area contributed by atoms with Crippen LogP contribution in [0.4, 0.5) is 17.1 Å². The summed E-state index contributed by atoms with van der Waals surface area (Å²) in [7, 11) is 0. The standard InChI is InChI=1S/C50H38N2/c1-31-24-32(2)27-40(26-31)51(41-28-33(3)25-34(4)29-41)39-19-14-35(15-20-39)42-21-16-36-17-23-45-49-37(18-22-43(42)48(36)49)30-47-50(45)44-12-8-9-13-46(44)52(47)38-10-6-5-7-11-38/h5-30H,1-4H3. The van der Waals surface area contributed by atoms with E-state index in [4.69, 9.17) is 0 Å². The van der Waals surface area contributed by atoms with E-state index < -0.39 is 0 Å². The van der Waals surface area contributed by atoms with Gasteiger partial charge in [-0.1, -0.05) is 97.1 Å². The van der Waals surface area contributed by atoms with Crippen molar-refractivity contribution in [2.24, 2.45) is 0 Å². The van der Waals surface area contributed by atoms with Gasteiger partial charge in [-0.25, -0.2) is 0 Å². The molecule has 0 fully saturated rings. The van der Waals surface area contributed by atoms with E-state index in [1.165, 1.54) is 105 Å². The lowest BCUT2D eigenvalue weighted by atomic mass is 9.88. The highest BCUT2D eigenvalue weighted by Gasteiger charge is 2.20. The maximum Gasteiger partial charge on any atom is 0.0553 e. The summed E-state index contributed by atoms with van der Waals surface area (Å²) in [5, 5.41) is 10.4. The molecule has 0 aliphatic rings. The number of hydrogen-bond acceptors (Lipinski definition) is 1. The van der Waals surface area contributed by atoms with Gasteiger partial charge in [-0.05, 0) is 154 Å². The molecule has 10 rings (SSSR count). The summed E-state index contributed by atoms with van der Waals surface area (Å²) in [6, 6.07) is 58.7. The van der Waals surface area contributed by atoms with Crippen molar-refractivity contribution in [2.45, 2.75) is 27.7 Å². The van der Waals surface area contributed by atoms with E-state index in [0.29, 0.717) is 0 Å². The Bertz CT molecular complexity index is 2890. The van der Waals surface area contributed by atoms with Crippen LogP contribution in [0.1, 0.15) is 22.3 Å². The average molecular weight is 667 g/mol. The van der Waals surface area contributed by atoms with E-state index >= 15 is 0 Å². The fourth-order valence-electron chi connectivity index (χ4n) is 8.83. The molecule has 0 amide bonds. The van der Waals surface area contributed by atoms with Gasteiger partial charge in [-0.15, -0.1) is 0 Å². The molecule has 1 heterocycles. The first kappa shape index (κ1) is 30.4. The molecular formula is C50H38N2. The molecule has 52 heavy (non-hydrogen) atoms. The van der Waals surface area contributed by atoms with Crippen LogP contribution in [-0.4, -0.2) is 4.57 Å². The summed E-state index contributed by atoms with van der Waals surface area (Å²) in [5.74, 6) is 0. The average Bonchev–Trinajstić information content (AvgIpc) is 3.48. The zero-order valence-electron chi connectivity index (χ0n) is 29.9. The minimum Gasteiger partial charge on any atom is -0.310 e.